The summed E-state index contributed by atoms with van der Waals surface area (Å²) in [5, 5.41) is 0. The highest BCUT2D eigenvalue weighted by atomic mass is 16.5. The molecule has 30 heavy (non-hydrogen) atoms. The van der Waals surface area contributed by atoms with E-state index in [2.05, 4.69) is 31.9 Å². The third kappa shape index (κ3) is 3.63. The van der Waals surface area contributed by atoms with Crippen molar-refractivity contribution in [2.45, 2.75) is 0 Å². The lowest BCUT2D eigenvalue weighted by atomic mass is 10.2. The molecule has 0 aliphatic carbocycles. The summed E-state index contributed by atoms with van der Waals surface area (Å²) in [6, 6.07) is 25.2. The molecule has 0 bridgehead atoms. The fourth-order valence-corrected chi connectivity index (χ4v) is 3.45. The van der Waals surface area contributed by atoms with Crippen LogP contribution in [0.4, 0.5) is 17.2 Å². The first-order chi connectivity index (χ1) is 14.8. The van der Waals surface area contributed by atoms with E-state index in [0.29, 0.717) is 17.4 Å². The Hall–Kier alpha value is -4.06. The summed E-state index contributed by atoms with van der Waals surface area (Å²) in [4.78, 5) is 13.0. The fourth-order valence-electron chi connectivity index (χ4n) is 3.45. The molecule has 1 aliphatic rings. The Bertz CT molecular complexity index is 1170. The zero-order chi connectivity index (χ0) is 20.3. The zero-order valence-electron chi connectivity index (χ0n) is 16.5. The number of benzene rings is 2. The van der Waals surface area contributed by atoms with Crippen LogP contribution >= 0.6 is 0 Å². The molecule has 0 saturated heterocycles. The fraction of sp³-hybridized carbons (Fsp3) is 0.0833. The topological polar surface area (TPSA) is 50.7 Å². The summed E-state index contributed by atoms with van der Waals surface area (Å²) in [6.07, 6.45) is 3.52. The third-order valence-corrected chi connectivity index (χ3v) is 4.80. The monoisotopic (exact) mass is 396 g/mol. The highest BCUT2D eigenvalue weighted by Crippen LogP contribution is 2.39. The van der Waals surface area contributed by atoms with Crippen molar-refractivity contribution in [2.75, 3.05) is 23.5 Å². The SMILES string of the molecule is CN1CN(c2cccc(Oc3cccc(Oc4ccccn4)c3)c2)c2cccnc21. The van der Waals surface area contributed by atoms with Gasteiger partial charge in [0.1, 0.15) is 17.2 Å². The quantitative estimate of drug-likeness (QED) is 0.437. The van der Waals surface area contributed by atoms with Crippen molar-refractivity contribution in [1.29, 1.82) is 0 Å². The Balaban J connectivity index is 1.36. The zero-order valence-corrected chi connectivity index (χ0v) is 16.5. The number of fused-ring (bicyclic) bond motifs is 1. The third-order valence-electron chi connectivity index (χ3n) is 4.80. The summed E-state index contributed by atoms with van der Waals surface area (Å²) >= 11 is 0. The molecule has 1 aliphatic heterocycles. The molecule has 5 rings (SSSR count). The molecule has 0 N–H and O–H groups in total. The van der Waals surface area contributed by atoms with Gasteiger partial charge < -0.3 is 19.3 Å². The summed E-state index contributed by atoms with van der Waals surface area (Å²) in [7, 11) is 2.04. The average Bonchev–Trinajstić information content (AvgIpc) is 3.12. The molecule has 0 atom stereocenters. The lowest BCUT2D eigenvalue weighted by molar-refractivity contribution is 0.449. The number of hydrogen-bond acceptors (Lipinski definition) is 6. The summed E-state index contributed by atoms with van der Waals surface area (Å²) in [5.74, 6) is 3.64. The molecule has 148 valence electrons. The number of ether oxygens (including phenoxy) is 2. The molecule has 3 heterocycles. The van der Waals surface area contributed by atoms with Crippen molar-refractivity contribution in [2.24, 2.45) is 0 Å². The Morgan fingerprint density at radius 3 is 2.33 bits per heavy atom. The molecule has 0 amide bonds. The first kappa shape index (κ1) is 18.0. The first-order valence-corrected chi connectivity index (χ1v) is 9.67. The second-order valence-electron chi connectivity index (χ2n) is 6.96. The van der Waals surface area contributed by atoms with E-state index in [1.165, 1.54) is 0 Å². The van der Waals surface area contributed by atoms with Crippen LogP contribution in [0.2, 0.25) is 0 Å². The summed E-state index contributed by atoms with van der Waals surface area (Å²) in [5.41, 5.74) is 2.13. The molecule has 2 aromatic carbocycles. The molecule has 0 radical (unpaired) electrons. The smallest absolute Gasteiger partial charge is 0.219 e. The standard InChI is InChI=1S/C24H20N4O2/c1-27-17-28(22-11-6-14-26-24(22)27)18-7-4-8-19(15-18)29-20-9-5-10-21(16-20)30-23-12-2-3-13-25-23/h2-16H,17H2,1H3. The maximum Gasteiger partial charge on any atom is 0.219 e. The number of anilines is 3. The van der Waals surface area contributed by atoms with Gasteiger partial charge in [0, 0.05) is 43.3 Å². The largest absolute Gasteiger partial charge is 0.457 e. The molecule has 4 aromatic rings. The van der Waals surface area contributed by atoms with Crippen LogP contribution in [-0.4, -0.2) is 23.7 Å². The van der Waals surface area contributed by atoms with Gasteiger partial charge in [0.15, 0.2) is 5.82 Å². The van der Waals surface area contributed by atoms with Crippen LogP contribution in [-0.2, 0) is 0 Å². The van der Waals surface area contributed by atoms with Crippen LogP contribution in [0.1, 0.15) is 0 Å². The Morgan fingerprint density at radius 2 is 1.50 bits per heavy atom. The van der Waals surface area contributed by atoms with Crippen molar-refractivity contribution in [3.63, 3.8) is 0 Å². The van der Waals surface area contributed by atoms with Crippen molar-refractivity contribution in [3.05, 3.63) is 91.3 Å². The van der Waals surface area contributed by atoms with E-state index in [0.717, 1.165) is 29.6 Å². The maximum absolute atomic E-state index is 6.12. The minimum Gasteiger partial charge on any atom is -0.457 e. The molecule has 6 heteroatoms. The molecular weight excluding hydrogens is 376 g/mol. The van der Waals surface area contributed by atoms with Gasteiger partial charge in [-0.15, -0.1) is 0 Å². The van der Waals surface area contributed by atoms with E-state index in [1.807, 2.05) is 80.0 Å². The van der Waals surface area contributed by atoms with Gasteiger partial charge in [0.05, 0.1) is 12.4 Å². The number of rotatable bonds is 5. The highest BCUT2D eigenvalue weighted by Gasteiger charge is 2.25. The Morgan fingerprint density at radius 1 is 0.733 bits per heavy atom. The number of nitrogens with zero attached hydrogens (tertiary/aromatic N) is 4. The van der Waals surface area contributed by atoms with Crippen LogP contribution in [0.15, 0.2) is 91.3 Å². The van der Waals surface area contributed by atoms with E-state index in [9.17, 15) is 0 Å². The van der Waals surface area contributed by atoms with Crippen LogP contribution in [0.3, 0.4) is 0 Å². The molecule has 0 spiro atoms. The van der Waals surface area contributed by atoms with E-state index in [-0.39, 0.29) is 0 Å². The minimum atomic E-state index is 0.544. The summed E-state index contributed by atoms with van der Waals surface area (Å²) in [6.45, 7) is 0.739. The molecule has 0 saturated carbocycles. The van der Waals surface area contributed by atoms with Gasteiger partial charge in [-0.3, -0.25) is 0 Å². The van der Waals surface area contributed by atoms with Crippen molar-refractivity contribution in [3.8, 4) is 23.1 Å². The van der Waals surface area contributed by atoms with Gasteiger partial charge in [0.2, 0.25) is 5.88 Å². The average molecular weight is 396 g/mol. The number of hydrogen-bond donors (Lipinski definition) is 0. The van der Waals surface area contributed by atoms with E-state index in [1.54, 1.807) is 6.20 Å². The van der Waals surface area contributed by atoms with Crippen LogP contribution in [0, 0.1) is 0 Å². The second kappa shape index (κ2) is 7.75. The maximum atomic E-state index is 6.12. The number of aromatic nitrogens is 2. The van der Waals surface area contributed by atoms with E-state index in [4.69, 9.17) is 9.47 Å². The predicted molar refractivity (Wildman–Crippen MR) is 117 cm³/mol. The van der Waals surface area contributed by atoms with E-state index >= 15 is 0 Å². The minimum absolute atomic E-state index is 0.544. The van der Waals surface area contributed by atoms with Gasteiger partial charge in [-0.2, -0.15) is 0 Å². The Kier molecular flexibility index (Phi) is 4.65. The van der Waals surface area contributed by atoms with Gasteiger partial charge in [-0.1, -0.05) is 18.2 Å². The van der Waals surface area contributed by atoms with Crippen molar-refractivity contribution >= 4 is 17.2 Å². The van der Waals surface area contributed by atoms with Crippen LogP contribution in [0.5, 0.6) is 23.1 Å². The van der Waals surface area contributed by atoms with Crippen molar-refractivity contribution in [1.82, 2.24) is 9.97 Å². The normalized spacial score (nSPS) is 12.6. The van der Waals surface area contributed by atoms with Gasteiger partial charge >= 0.3 is 0 Å². The number of pyridine rings is 2. The van der Waals surface area contributed by atoms with E-state index < -0.39 is 0 Å². The second-order valence-corrected chi connectivity index (χ2v) is 6.96. The lowest BCUT2D eigenvalue weighted by Gasteiger charge is -2.20. The Labute approximate surface area is 175 Å². The van der Waals surface area contributed by atoms with Gasteiger partial charge in [-0.25, -0.2) is 9.97 Å². The first-order valence-electron chi connectivity index (χ1n) is 9.67. The summed E-state index contributed by atoms with van der Waals surface area (Å²) < 4.78 is 11.9. The molecule has 2 aromatic heterocycles. The highest BCUT2D eigenvalue weighted by molar-refractivity contribution is 5.79. The molecule has 0 fully saturated rings. The van der Waals surface area contributed by atoms with Gasteiger partial charge in [0.25, 0.3) is 0 Å². The molecular formula is C24H20N4O2. The molecule has 0 unspecified atom stereocenters. The van der Waals surface area contributed by atoms with Crippen LogP contribution < -0.4 is 19.3 Å². The van der Waals surface area contributed by atoms with Crippen LogP contribution in [0.25, 0.3) is 0 Å². The molecule has 6 nitrogen and oxygen atoms in total. The van der Waals surface area contributed by atoms with Crippen molar-refractivity contribution < 1.29 is 9.47 Å². The predicted octanol–water partition coefficient (Wildman–Crippen LogP) is 5.61. The lowest BCUT2D eigenvalue weighted by Crippen LogP contribution is -2.24. The van der Waals surface area contributed by atoms with Gasteiger partial charge in [-0.05, 0) is 42.5 Å².